The predicted molar refractivity (Wildman–Crippen MR) is 169 cm³/mol. The minimum absolute atomic E-state index is 0.0318. The number of aromatic nitrogens is 1. The zero-order chi connectivity index (χ0) is 30.4. The average Bonchev–Trinajstić information content (AvgIpc) is 3.55. The number of hydrogen-bond donors (Lipinski definition) is 4. The number of oxime groups is 1. The van der Waals surface area contributed by atoms with E-state index < -0.39 is 12.0 Å². The van der Waals surface area contributed by atoms with Gasteiger partial charge in [-0.3, -0.25) is 9.59 Å². The predicted octanol–water partition coefficient (Wildman–Crippen LogP) is 7.58. The van der Waals surface area contributed by atoms with E-state index in [0.29, 0.717) is 41.4 Å². The monoisotopic (exact) mass is 589 g/mol. The van der Waals surface area contributed by atoms with Crippen LogP contribution in [0.3, 0.4) is 0 Å². The van der Waals surface area contributed by atoms with Crippen molar-refractivity contribution in [2.45, 2.75) is 110 Å². The van der Waals surface area contributed by atoms with Crippen LogP contribution in [-0.4, -0.2) is 38.9 Å². The summed E-state index contributed by atoms with van der Waals surface area (Å²) >= 11 is 0. The second-order valence-corrected chi connectivity index (χ2v) is 15.2. The third-order valence-corrected chi connectivity index (χ3v) is 13.2. The van der Waals surface area contributed by atoms with E-state index in [0.717, 1.165) is 59.2 Å². The van der Waals surface area contributed by atoms with E-state index in [1.807, 2.05) is 30.5 Å². The van der Waals surface area contributed by atoms with Crippen LogP contribution in [0, 0.1) is 46.3 Å². The highest BCUT2D eigenvalue weighted by molar-refractivity contribution is 5.85. The molecule has 1 heterocycles. The SMILES string of the molecule is C[C@H](CCC(=O)N[C@H](CC(=O)O)Cc1c[nH]c2ccccc12)[C@H]1CC[C@H]2[C@@H]3CC[C@@H]4C/C(=N\O)CC[C@]4(C)[C@H]3CC[C@]12C. The molecule has 4 N–H and O–H groups in total. The van der Waals surface area contributed by atoms with Crippen LogP contribution in [0.15, 0.2) is 35.6 Å². The van der Waals surface area contributed by atoms with Gasteiger partial charge in [0.05, 0.1) is 12.1 Å². The van der Waals surface area contributed by atoms with Crippen LogP contribution in [0.5, 0.6) is 0 Å². The van der Waals surface area contributed by atoms with Gasteiger partial charge in [0.15, 0.2) is 0 Å². The summed E-state index contributed by atoms with van der Waals surface area (Å²) in [4.78, 5) is 28.1. The normalized spacial score (nSPS) is 36.0. The molecule has 0 unspecified atom stereocenters. The van der Waals surface area contributed by atoms with E-state index in [1.54, 1.807) is 0 Å². The molecule has 0 bridgehead atoms. The summed E-state index contributed by atoms with van der Waals surface area (Å²) in [7, 11) is 0. The summed E-state index contributed by atoms with van der Waals surface area (Å²) in [5.74, 6) is 3.20. The van der Waals surface area contributed by atoms with Gasteiger partial charge >= 0.3 is 5.97 Å². The summed E-state index contributed by atoms with van der Waals surface area (Å²) < 4.78 is 0. The van der Waals surface area contributed by atoms with Gasteiger partial charge in [-0.2, -0.15) is 0 Å². The summed E-state index contributed by atoms with van der Waals surface area (Å²) in [6.45, 7) is 7.47. The van der Waals surface area contributed by atoms with Crippen LogP contribution in [0.1, 0.15) is 103 Å². The molecule has 2 aromatic rings. The number of nitrogens with one attached hydrogen (secondary N) is 2. The van der Waals surface area contributed by atoms with E-state index in [-0.39, 0.29) is 12.3 Å². The lowest BCUT2D eigenvalue weighted by molar-refractivity contribution is -0.137. The molecule has 4 aliphatic carbocycles. The van der Waals surface area contributed by atoms with Crippen LogP contribution < -0.4 is 5.32 Å². The fourth-order valence-electron chi connectivity index (χ4n) is 10.9. The molecule has 6 rings (SSSR count). The Morgan fingerprint density at radius 1 is 1.07 bits per heavy atom. The second-order valence-electron chi connectivity index (χ2n) is 15.2. The molecular formula is C36H51N3O4. The molecule has 4 fully saturated rings. The fraction of sp³-hybridized carbons (Fsp3) is 0.694. The van der Waals surface area contributed by atoms with Crippen molar-refractivity contribution in [1.29, 1.82) is 0 Å². The van der Waals surface area contributed by atoms with Crippen molar-refractivity contribution < 1.29 is 19.9 Å². The molecule has 43 heavy (non-hydrogen) atoms. The first kappa shape index (κ1) is 30.2. The molecule has 9 atom stereocenters. The molecule has 4 saturated carbocycles. The number of carbonyl (C=O) groups excluding carboxylic acids is 1. The standard InChI is InChI=1S/C36H51N3O4/c1-22(8-13-33(40)38-26(20-34(41)42)18-23-21-37-32-7-5-4-6-27(23)32)29-11-12-30-28-10-9-24-19-25(39-43)14-16-35(24,2)31(28)15-17-36(29,30)3/h4-7,21-22,24,26,28-31,37,43H,8-20H2,1-3H3,(H,38,40)(H,41,42)/b39-25-/t22-,24-,26+,28+,29-,30+,31+,35+,36-/m1/s1. The summed E-state index contributed by atoms with van der Waals surface area (Å²) in [5.41, 5.74) is 3.78. The smallest absolute Gasteiger partial charge is 0.305 e. The number of nitrogens with zero attached hydrogens (tertiary/aromatic N) is 1. The highest BCUT2D eigenvalue weighted by Crippen LogP contribution is 2.68. The van der Waals surface area contributed by atoms with Crippen LogP contribution in [-0.2, 0) is 16.0 Å². The van der Waals surface area contributed by atoms with E-state index in [9.17, 15) is 19.9 Å². The highest BCUT2D eigenvalue weighted by atomic mass is 16.4. The van der Waals surface area contributed by atoms with Crippen molar-refractivity contribution in [3.05, 3.63) is 36.0 Å². The van der Waals surface area contributed by atoms with Gasteiger partial charge in [0.1, 0.15) is 0 Å². The third-order valence-electron chi connectivity index (χ3n) is 13.2. The van der Waals surface area contributed by atoms with E-state index in [4.69, 9.17) is 0 Å². The fourth-order valence-corrected chi connectivity index (χ4v) is 10.9. The van der Waals surface area contributed by atoms with Crippen molar-refractivity contribution in [3.63, 3.8) is 0 Å². The number of rotatable bonds is 9. The van der Waals surface area contributed by atoms with Gasteiger partial charge in [-0.25, -0.2) is 0 Å². The Hall–Kier alpha value is -2.83. The maximum absolute atomic E-state index is 13.2. The zero-order valence-corrected chi connectivity index (χ0v) is 26.3. The van der Waals surface area contributed by atoms with Crippen molar-refractivity contribution in [3.8, 4) is 0 Å². The van der Waals surface area contributed by atoms with E-state index in [1.165, 1.54) is 44.9 Å². The lowest BCUT2D eigenvalue weighted by Gasteiger charge is -2.60. The minimum Gasteiger partial charge on any atom is -0.481 e. The highest BCUT2D eigenvalue weighted by Gasteiger charge is 2.60. The Morgan fingerprint density at radius 3 is 2.65 bits per heavy atom. The first-order valence-corrected chi connectivity index (χ1v) is 16.9. The number of carboxylic acids is 1. The summed E-state index contributed by atoms with van der Waals surface area (Å²) in [6, 6.07) is 7.57. The Labute approximate surface area is 256 Å². The molecule has 7 nitrogen and oxygen atoms in total. The van der Waals surface area contributed by atoms with Gasteiger partial charge in [-0.15, -0.1) is 0 Å². The number of H-pyrrole nitrogens is 1. The van der Waals surface area contributed by atoms with Crippen molar-refractivity contribution in [2.24, 2.45) is 51.5 Å². The molecule has 7 heteroatoms. The number of para-hydroxylation sites is 1. The molecule has 0 spiro atoms. The second kappa shape index (κ2) is 11.9. The van der Waals surface area contributed by atoms with Gasteiger partial charge in [-0.05, 0) is 129 Å². The molecule has 1 aromatic heterocycles. The lowest BCUT2D eigenvalue weighted by Crippen LogP contribution is -2.53. The largest absolute Gasteiger partial charge is 0.481 e. The first-order chi connectivity index (χ1) is 20.6. The number of carboxylic acid groups (broad SMARTS) is 1. The number of fused-ring (bicyclic) bond motifs is 6. The van der Waals surface area contributed by atoms with Gasteiger partial charge in [0, 0.05) is 29.6 Å². The quantitative estimate of drug-likeness (QED) is 0.178. The Bertz CT molecular complexity index is 1370. The number of hydrogen-bond acceptors (Lipinski definition) is 4. The van der Waals surface area contributed by atoms with Crippen LogP contribution in [0.2, 0.25) is 0 Å². The minimum atomic E-state index is -0.892. The molecule has 0 aliphatic heterocycles. The number of benzene rings is 1. The van der Waals surface area contributed by atoms with Gasteiger partial charge in [0.2, 0.25) is 5.91 Å². The average molecular weight is 590 g/mol. The molecule has 0 saturated heterocycles. The number of aliphatic carboxylic acids is 1. The Kier molecular flexibility index (Phi) is 8.38. The molecule has 234 valence electrons. The summed E-state index contributed by atoms with van der Waals surface area (Å²) in [6.07, 6.45) is 14.5. The molecule has 1 amide bonds. The zero-order valence-electron chi connectivity index (χ0n) is 26.3. The first-order valence-electron chi connectivity index (χ1n) is 16.9. The maximum atomic E-state index is 13.2. The van der Waals surface area contributed by atoms with Gasteiger partial charge in [0.25, 0.3) is 0 Å². The number of aromatic amines is 1. The third kappa shape index (κ3) is 5.62. The summed E-state index contributed by atoms with van der Waals surface area (Å²) in [5, 5.41) is 26.7. The molecule has 0 radical (unpaired) electrons. The van der Waals surface area contributed by atoms with Crippen molar-refractivity contribution in [2.75, 3.05) is 0 Å². The van der Waals surface area contributed by atoms with Crippen molar-refractivity contribution in [1.82, 2.24) is 10.3 Å². The maximum Gasteiger partial charge on any atom is 0.305 e. The number of amides is 1. The lowest BCUT2D eigenvalue weighted by atomic mass is 9.44. The molecular weight excluding hydrogens is 538 g/mol. The van der Waals surface area contributed by atoms with E-state index in [2.05, 4.69) is 36.2 Å². The Balaban J connectivity index is 1.06. The van der Waals surface area contributed by atoms with Crippen molar-refractivity contribution >= 4 is 28.5 Å². The van der Waals surface area contributed by atoms with Crippen LogP contribution in [0.25, 0.3) is 10.9 Å². The number of carbonyl (C=O) groups is 2. The molecule has 1 aromatic carbocycles. The Morgan fingerprint density at radius 2 is 1.86 bits per heavy atom. The van der Waals surface area contributed by atoms with E-state index >= 15 is 0 Å². The van der Waals surface area contributed by atoms with Gasteiger partial charge in [-0.1, -0.05) is 44.1 Å². The van der Waals surface area contributed by atoms with Crippen LogP contribution >= 0.6 is 0 Å². The topological polar surface area (TPSA) is 115 Å². The molecule has 4 aliphatic rings. The van der Waals surface area contributed by atoms with Gasteiger partial charge < -0.3 is 20.6 Å². The van der Waals surface area contributed by atoms with Crippen LogP contribution in [0.4, 0.5) is 0 Å².